The molecule has 1 rings (SSSR count). The number of nitrogens with zero attached hydrogens (tertiary/aromatic N) is 1. The van der Waals surface area contributed by atoms with E-state index in [0.29, 0.717) is 24.4 Å². The van der Waals surface area contributed by atoms with Gasteiger partial charge in [-0.15, -0.1) is 0 Å². The fraction of sp³-hybridized carbons (Fsp3) is 0.529. The fourth-order valence-electron chi connectivity index (χ4n) is 2.20. The van der Waals surface area contributed by atoms with E-state index in [1.54, 1.807) is 0 Å². The second-order valence-electron chi connectivity index (χ2n) is 5.77. The molecule has 1 unspecified atom stereocenters. The molecule has 21 heavy (non-hydrogen) atoms. The lowest BCUT2D eigenvalue weighted by molar-refractivity contribution is -0.122. The third kappa shape index (κ3) is 5.68. The lowest BCUT2D eigenvalue weighted by atomic mass is 10.0. The van der Waals surface area contributed by atoms with Gasteiger partial charge < -0.3 is 5.32 Å². The second-order valence-corrected chi connectivity index (χ2v) is 5.77. The van der Waals surface area contributed by atoms with Crippen molar-refractivity contribution in [2.24, 2.45) is 5.92 Å². The van der Waals surface area contributed by atoms with Crippen LogP contribution in [0.3, 0.4) is 0 Å². The Hall–Kier alpha value is -1.68. The van der Waals surface area contributed by atoms with Gasteiger partial charge in [-0.2, -0.15) is 0 Å². The fourth-order valence-corrected chi connectivity index (χ4v) is 2.20. The topological polar surface area (TPSA) is 49.4 Å². The molecule has 0 saturated heterocycles. The van der Waals surface area contributed by atoms with Crippen LogP contribution in [0.1, 0.15) is 37.6 Å². The van der Waals surface area contributed by atoms with Crippen LogP contribution in [0.4, 0.5) is 0 Å². The van der Waals surface area contributed by atoms with Crippen LogP contribution in [0.25, 0.3) is 0 Å². The molecule has 0 aliphatic heterocycles. The largest absolute Gasteiger partial charge is 0.355 e. The third-order valence-electron chi connectivity index (χ3n) is 3.38. The minimum absolute atomic E-state index is 0.0366. The molecule has 1 N–H and O–H groups in total. The number of hydrogen-bond acceptors (Lipinski definition) is 3. The van der Waals surface area contributed by atoms with Crippen LogP contribution < -0.4 is 5.32 Å². The SMILES string of the molecule is CCC(C(=O)c1ccccc1)N(C)CC(=O)NCC(C)C. The first-order chi connectivity index (χ1) is 9.95. The minimum atomic E-state index is -0.266. The van der Waals surface area contributed by atoms with Gasteiger partial charge in [0.05, 0.1) is 12.6 Å². The van der Waals surface area contributed by atoms with Gasteiger partial charge in [-0.05, 0) is 19.4 Å². The summed E-state index contributed by atoms with van der Waals surface area (Å²) < 4.78 is 0. The lowest BCUT2D eigenvalue weighted by Gasteiger charge is -2.25. The Morgan fingerprint density at radius 1 is 1.19 bits per heavy atom. The molecule has 1 aromatic carbocycles. The molecule has 0 aliphatic carbocycles. The number of hydrogen-bond donors (Lipinski definition) is 1. The Kier molecular flexibility index (Phi) is 7.09. The van der Waals surface area contributed by atoms with E-state index in [4.69, 9.17) is 0 Å². The van der Waals surface area contributed by atoms with Crippen molar-refractivity contribution in [3.05, 3.63) is 35.9 Å². The van der Waals surface area contributed by atoms with E-state index < -0.39 is 0 Å². The Bertz CT molecular complexity index is 457. The number of likely N-dealkylation sites (N-methyl/N-ethyl adjacent to an activating group) is 1. The molecule has 4 heteroatoms. The van der Waals surface area contributed by atoms with E-state index in [-0.39, 0.29) is 24.3 Å². The lowest BCUT2D eigenvalue weighted by Crippen LogP contribution is -2.44. The van der Waals surface area contributed by atoms with Gasteiger partial charge in [-0.25, -0.2) is 0 Å². The van der Waals surface area contributed by atoms with E-state index in [1.807, 2.05) is 49.2 Å². The molecular formula is C17H26N2O2. The number of carbonyl (C=O) groups is 2. The van der Waals surface area contributed by atoms with Gasteiger partial charge in [0.2, 0.25) is 5.91 Å². The van der Waals surface area contributed by atoms with Crippen LogP contribution in [0.15, 0.2) is 30.3 Å². The smallest absolute Gasteiger partial charge is 0.234 e. The first kappa shape index (κ1) is 17.4. The van der Waals surface area contributed by atoms with Crippen molar-refractivity contribution in [3.63, 3.8) is 0 Å². The number of Topliss-reactive ketones (excluding diaryl/α,β-unsaturated/α-hetero) is 1. The van der Waals surface area contributed by atoms with Crippen molar-refractivity contribution < 1.29 is 9.59 Å². The van der Waals surface area contributed by atoms with Crippen LogP contribution in [-0.4, -0.2) is 42.8 Å². The highest BCUT2D eigenvalue weighted by atomic mass is 16.2. The summed E-state index contributed by atoms with van der Waals surface area (Å²) in [4.78, 5) is 26.2. The third-order valence-corrected chi connectivity index (χ3v) is 3.38. The van der Waals surface area contributed by atoms with Crippen LogP contribution in [0, 0.1) is 5.92 Å². The summed E-state index contributed by atoms with van der Waals surface area (Å²) in [5, 5.41) is 2.88. The molecule has 0 heterocycles. The molecule has 116 valence electrons. The quantitative estimate of drug-likeness (QED) is 0.748. The van der Waals surface area contributed by atoms with Gasteiger partial charge >= 0.3 is 0 Å². The van der Waals surface area contributed by atoms with Crippen LogP contribution in [-0.2, 0) is 4.79 Å². The molecule has 1 aromatic rings. The summed E-state index contributed by atoms with van der Waals surface area (Å²) in [5.74, 6) is 0.454. The average molecular weight is 290 g/mol. The number of carbonyl (C=O) groups excluding carboxylic acids is 2. The number of nitrogens with one attached hydrogen (secondary N) is 1. The molecule has 1 amide bonds. The van der Waals surface area contributed by atoms with E-state index in [2.05, 4.69) is 19.2 Å². The highest BCUT2D eigenvalue weighted by Crippen LogP contribution is 2.11. The maximum absolute atomic E-state index is 12.5. The summed E-state index contributed by atoms with van der Waals surface area (Å²) in [7, 11) is 1.82. The van der Waals surface area contributed by atoms with Crippen LogP contribution in [0.5, 0.6) is 0 Å². The minimum Gasteiger partial charge on any atom is -0.355 e. The molecule has 0 saturated carbocycles. The summed E-state index contributed by atoms with van der Waals surface area (Å²) in [5.41, 5.74) is 0.693. The summed E-state index contributed by atoms with van der Waals surface area (Å²) in [6.07, 6.45) is 0.682. The number of benzene rings is 1. The zero-order valence-corrected chi connectivity index (χ0v) is 13.4. The number of ketones is 1. The molecule has 4 nitrogen and oxygen atoms in total. The van der Waals surface area contributed by atoms with Crippen molar-refractivity contribution in [1.29, 1.82) is 0 Å². The molecule has 0 radical (unpaired) electrons. The normalized spacial score (nSPS) is 12.5. The molecule has 0 aliphatic rings. The average Bonchev–Trinajstić information content (AvgIpc) is 2.46. The second kappa shape index (κ2) is 8.57. The van der Waals surface area contributed by atoms with Gasteiger partial charge in [0, 0.05) is 12.1 Å². The van der Waals surface area contributed by atoms with Crippen LogP contribution >= 0.6 is 0 Å². The zero-order valence-electron chi connectivity index (χ0n) is 13.4. The highest BCUT2D eigenvalue weighted by Gasteiger charge is 2.23. The number of rotatable bonds is 8. The monoisotopic (exact) mass is 290 g/mol. The zero-order chi connectivity index (χ0) is 15.8. The molecule has 0 fully saturated rings. The first-order valence-electron chi connectivity index (χ1n) is 7.51. The van der Waals surface area contributed by atoms with E-state index >= 15 is 0 Å². The Morgan fingerprint density at radius 3 is 2.33 bits per heavy atom. The van der Waals surface area contributed by atoms with Gasteiger partial charge in [-0.3, -0.25) is 14.5 Å². The molecule has 0 spiro atoms. The van der Waals surface area contributed by atoms with Gasteiger partial charge in [0.25, 0.3) is 0 Å². The Labute approximate surface area is 127 Å². The van der Waals surface area contributed by atoms with E-state index in [0.717, 1.165) is 0 Å². The molecule has 1 atom stereocenters. The van der Waals surface area contributed by atoms with Crippen molar-refractivity contribution in [2.75, 3.05) is 20.1 Å². The molecular weight excluding hydrogens is 264 g/mol. The van der Waals surface area contributed by atoms with Crippen LogP contribution in [0.2, 0.25) is 0 Å². The highest BCUT2D eigenvalue weighted by molar-refractivity contribution is 6.00. The Morgan fingerprint density at radius 2 is 1.81 bits per heavy atom. The van der Waals surface area contributed by atoms with Gasteiger partial charge in [-0.1, -0.05) is 51.1 Å². The van der Waals surface area contributed by atoms with Gasteiger partial charge in [0.1, 0.15) is 0 Å². The van der Waals surface area contributed by atoms with Crippen molar-refractivity contribution in [3.8, 4) is 0 Å². The predicted octanol–water partition coefficient (Wildman–Crippen LogP) is 2.35. The van der Waals surface area contributed by atoms with E-state index in [1.165, 1.54) is 0 Å². The molecule has 0 bridgehead atoms. The molecule has 0 aromatic heterocycles. The van der Waals surface area contributed by atoms with E-state index in [9.17, 15) is 9.59 Å². The maximum atomic E-state index is 12.5. The standard InChI is InChI=1S/C17H26N2O2/c1-5-15(17(21)14-9-7-6-8-10-14)19(4)12-16(20)18-11-13(2)3/h6-10,13,15H,5,11-12H2,1-4H3,(H,18,20). The van der Waals surface area contributed by atoms with Gasteiger partial charge in [0.15, 0.2) is 5.78 Å². The Balaban J connectivity index is 2.63. The van der Waals surface area contributed by atoms with Crippen molar-refractivity contribution in [1.82, 2.24) is 10.2 Å². The van der Waals surface area contributed by atoms with Crippen molar-refractivity contribution >= 4 is 11.7 Å². The summed E-state index contributed by atoms with van der Waals surface area (Å²) >= 11 is 0. The number of amides is 1. The summed E-state index contributed by atoms with van der Waals surface area (Å²) in [6, 6.07) is 8.97. The maximum Gasteiger partial charge on any atom is 0.234 e. The predicted molar refractivity (Wildman–Crippen MR) is 85.3 cm³/mol. The first-order valence-corrected chi connectivity index (χ1v) is 7.51. The summed E-state index contributed by atoms with van der Waals surface area (Å²) in [6.45, 7) is 6.98. The van der Waals surface area contributed by atoms with Crippen molar-refractivity contribution in [2.45, 2.75) is 33.2 Å².